The number of nitrogens with zero attached hydrogens (tertiary/aromatic N) is 4. The summed E-state index contributed by atoms with van der Waals surface area (Å²) in [5.41, 5.74) is 2.49. The molecule has 1 aliphatic heterocycles. The van der Waals surface area contributed by atoms with Crippen LogP contribution in [0.5, 0.6) is 0 Å². The third-order valence-corrected chi connectivity index (χ3v) is 4.13. The van der Waals surface area contributed by atoms with Gasteiger partial charge >= 0.3 is 0 Å². The van der Waals surface area contributed by atoms with Gasteiger partial charge in [-0.15, -0.1) is 0 Å². The number of benzene rings is 1. The van der Waals surface area contributed by atoms with Gasteiger partial charge < -0.3 is 4.90 Å². The van der Waals surface area contributed by atoms with Gasteiger partial charge in [0.25, 0.3) is 5.91 Å². The molecule has 1 amide bonds. The summed E-state index contributed by atoms with van der Waals surface area (Å²) in [5.74, 6) is 0.537. The standard InChI is InChI=1S/C17H15FN4O/c18-15-5-7-21(11-15)16(23)13-3-1-12(2-4-13)14-9-20-17-19-6-8-22(17)10-14/h1-4,6,8-10,15H,5,7,11H2/t15-/m0/s1. The molecule has 0 saturated carbocycles. The molecule has 0 unspecified atom stereocenters. The molecule has 1 fully saturated rings. The lowest BCUT2D eigenvalue weighted by molar-refractivity contribution is 0.0783. The van der Waals surface area contributed by atoms with Gasteiger partial charge in [-0.05, 0) is 24.1 Å². The van der Waals surface area contributed by atoms with E-state index < -0.39 is 6.17 Å². The Morgan fingerprint density at radius 2 is 2.00 bits per heavy atom. The van der Waals surface area contributed by atoms with E-state index in [9.17, 15) is 9.18 Å². The molecule has 0 bridgehead atoms. The lowest BCUT2D eigenvalue weighted by atomic mass is 10.1. The second kappa shape index (κ2) is 5.46. The molecule has 3 heterocycles. The fraction of sp³-hybridized carbons (Fsp3) is 0.235. The summed E-state index contributed by atoms with van der Waals surface area (Å²) in [6.07, 6.45) is 6.77. The summed E-state index contributed by atoms with van der Waals surface area (Å²) in [4.78, 5) is 22.3. The highest BCUT2D eigenvalue weighted by atomic mass is 19.1. The predicted molar refractivity (Wildman–Crippen MR) is 83.8 cm³/mol. The number of likely N-dealkylation sites (tertiary alicyclic amines) is 1. The second-order valence-electron chi connectivity index (χ2n) is 5.69. The molecule has 4 rings (SSSR count). The molecule has 23 heavy (non-hydrogen) atoms. The highest BCUT2D eigenvalue weighted by Gasteiger charge is 2.26. The second-order valence-corrected chi connectivity index (χ2v) is 5.69. The summed E-state index contributed by atoms with van der Waals surface area (Å²) < 4.78 is 15.1. The van der Waals surface area contributed by atoms with E-state index in [1.54, 1.807) is 29.4 Å². The third-order valence-electron chi connectivity index (χ3n) is 4.13. The number of fused-ring (bicyclic) bond motifs is 1. The van der Waals surface area contributed by atoms with Crippen LogP contribution in [0.4, 0.5) is 4.39 Å². The minimum absolute atomic E-state index is 0.111. The quantitative estimate of drug-likeness (QED) is 0.731. The first-order valence-electron chi connectivity index (χ1n) is 7.53. The van der Waals surface area contributed by atoms with Gasteiger partial charge in [-0.2, -0.15) is 0 Å². The maximum atomic E-state index is 13.2. The highest BCUT2D eigenvalue weighted by molar-refractivity contribution is 5.94. The molecule has 2 aromatic heterocycles. The van der Waals surface area contributed by atoms with Crippen LogP contribution in [0.25, 0.3) is 16.9 Å². The minimum atomic E-state index is -0.897. The summed E-state index contributed by atoms with van der Waals surface area (Å²) in [5, 5.41) is 0. The first kappa shape index (κ1) is 13.9. The van der Waals surface area contributed by atoms with Crippen molar-refractivity contribution in [3.05, 3.63) is 54.6 Å². The van der Waals surface area contributed by atoms with Crippen molar-refractivity contribution >= 4 is 11.7 Å². The van der Waals surface area contributed by atoms with Crippen LogP contribution in [0.3, 0.4) is 0 Å². The van der Waals surface area contributed by atoms with Crippen LogP contribution >= 0.6 is 0 Å². The molecule has 0 radical (unpaired) electrons. The molecule has 116 valence electrons. The minimum Gasteiger partial charge on any atom is -0.336 e. The molecule has 5 nitrogen and oxygen atoms in total. The molecule has 0 spiro atoms. The monoisotopic (exact) mass is 310 g/mol. The summed E-state index contributed by atoms with van der Waals surface area (Å²) in [6.45, 7) is 0.685. The van der Waals surface area contributed by atoms with E-state index in [0.717, 1.165) is 11.1 Å². The number of aromatic nitrogens is 3. The topological polar surface area (TPSA) is 50.5 Å². The Kier molecular flexibility index (Phi) is 3.29. The maximum absolute atomic E-state index is 13.2. The molecular formula is C17H15FN4O. The van der Waals surface area contributed by atoms with Crippen molar-refractivity contribution in [1.29, 1.82) is 0 Å². The Hall–Kier alpha value is -2.76. The molecular weight excluding hydrogens is 295 g/mol. The van der Waals surface area contributed by atoms with Gasteiger partial charge in [0, 0.05) is 42.5 Å². The Labute approximate surface area is 132 Å². The molecule has 1 atom stereocenters. The number of rotatable bonds is 2. The third kappa shape index (κ3) is 2.56. The number of carbonyl (C=O) groups excluding carboxylic acids is 1. The van der Waals surface area contributed by atoms with Gasteiger partial charge in [0.05, 0.1) is 6.54 Å². The predicted octanol–water partition coefficient (Wildman–Crippen LogP) is 2.58. The van der Waals surface area contributed by atoms with E-state index >= 15 is 0 Å². The smallest absolute Gasteiger partial charge is 0.253 e. The zero-order valence-corrected chi connectivity index (χ0v) is 12.4. The molecule has 0 N–H and O–H groups in total. The number of carbonyl (C=O) groups is 1. The van der Waals surface area contributed by atoms with Crippen LogP contribution in [0.1, 0.15) is 16.8 Å². The zero-order chi connectivity index (χ0) is 15.8. The molecule has 6 heteroatoms. The van der Waals surface area contributed by atoms with Crippen molar-refractivity contribution in [2.45, 2.75) is 12.6 Å². The average molecular weight is 310 g/mol. The average Bonchev–Trinajstić information content (AvgIpc) is 3.22. The van der Waals surface area contributed by atoms with Crippen molar-refractivity contribution in [1.82, 2.24) is 19.3 Å². The van der Waals surface area contributed by atoms with Crippen molar-refractivity contribution in [3.63, 3.8) is 0 Å². The van der Waals surface area contributed by atoms with Gasteiger partial charge in [0.2, 0.25) is 5.78 Å². The summed E-state index contributed by atoms with van der Waals surface area (Å²) in [7, 11) is 0. The lowest BCUT2D eigenvalue weighted by Gasteiger charge is -2.15. The summed E-state index contributed by atoms with van der Waals surface area (Å²) >= 11 is 0. The van der Waals surface area contributed by atoms with Gasteiger partial charge in [-0.1, -0.05) is 12.1 Å². The number of hydrogen-bond donors (Lipinski definition) is 0. The number of alkyl halides is 1. The fourth-order valence-electron chi connectivity index (χ4n) is 2.86. The van der Waals surface area contributed by atoms with Crippen LogP contribution in [-0.4, -0.2) is 44.4 Å². The van der Waals surface area contributed by atoms with Crippen molar-refractivity contribution in [3.8, 4) is 11.1 Å². The molecule has 3 aromatic rings. The zero-order valence-electron chi connectivity index (χ0n) is 12.4. The van der Waals surface area contributed by atoms with Gasteiger partial charge in [-0.3, -0.25) is 9.20 Å². The van der Waals surface area contributed by atoms with Crippen molar-refractivity contribution in [2.75, 3.05) is 13.1 Å². The maximum Gasteiger partial charge on any atom is 0.253 e. The molecule has 1 aliphatic rings. The van der Waals surface area contributed by atoms with Crippen LogP contribution in [-0.2, 0) is 0 Å². The van der Waals surface area contributed by atoms with Crippen molar-refractivity contribution in [2.24, 2.45) is 0 Å². The number of imidazole rings is 1. The molecule has 0 aliphatic carbocycles. The van der Waals surface area contributed by atoms with E-state index in [1.807, 2.05) is 28.9 Å². The fourth-order valence-corrected chi connectivity index (χ4v) is 2.86. The van der Waals surface area contributed by atoms with Gasteiger partial charge in [-0.25, -0.2) is 14.4 Å². The number of amides is 1. The van der Waals surface area contributed by atoms with Crippen LogP contribution < -0.4 is 0 Å². The number of halogens is 1. The van der Waals surface area contributed by atoms with Crippen LogP contribution in [0, 0.1) is 0 Å². The van der Waals surface area contributed by atoms with Gasteiger partial charge in [0.1, 0.15) is 6.17 Å². The highest BCUT2D eigenvalue weighted by Crippen LogP contribution is 2.21. The van der Waals surface area contributed by atoms with Crippen LogP contribution in [0.2, 0.25) is 0 Å². The Morgan fingerprint density at radius 3 is 2.74 bits per heavy atom. The van der Waals surface area contributed by atoms with E-state index in [2.05, 4.69) is 9.97 Å². The van der Waals surface area contributed by atoms with E-state index in [4.69, 9.17) is 0 Å². The largest absolute Gasteiger partial charge is 0.336 e. The number of hydrogen-bond acceptors (Lipinski definition) is 3. The first-order chi connectivity index (χ1) is 11.2. The molecule has 1 aromatic carbocycles. The van der Waals surface area contributed by atoms with E-state index in [1.165, 1.54) is 0 Å². The first-order valence-corrected chi connectivity index (χ1v) is 7.53. The normalized spacial score (nSPS) is 17.8. The Morgan fingerprint density at radius 1 is 1.17 bits per heavy atom. The Balaban J connectivity index is 1.58. The lowest BCUT2D eigenvalue weighted by Crippen LogP contribution is -2.28. The SMILES string of the molecule is O=C(c1ccc(-c2cnc3nccn3c2)cc1)N1CC[C@H](F)C1. The summed E-state index contributed by atoms with van der Waals surface area (Å²) in [6, 6.07) is 7.33. The van der Waals surface area contributed by atoms with Gasteiger partial charge in [0.15, 0.2) is 0 Å². The van der Waals surface area contributed by atoms with E-state index in [-0.39, 0.29) is 12.5 Å². The Bertz CT molecular complexity index is 858. The van der Waals surface area contributed by atoms with Crippen LogP contribution in [0.15, 0.2) is 49.1 Å². The molecule has 1 saturated heterocycles. The van der Waals surface area contributed by atoms with E-state index in [0.29, 0.717) is 24.3 Å². The van der Waals surface area contributed by atoms with Crippen molar-refractivity contribution < 1.29 is 9.18 Å².